The Hall–Kier alpha value is -0.510. The summed E-state index contributed by atoms with van der Waals surface area (Å²) in [5.74, 6) is 1.01. The molecule has 2 unspecified atom stereocenters. The lowest BCUT2D eigenvalue weighted by Gasteiger charge is -2.22. The highest BCUT2D eigenvalue weighted by Gasteiger charge is 2.15. The second-order valence-electron chi connectivity index (χ2n) is 5.19. The molecule has 2 nitrogen and oxygen atoms in total. The van der Waals surface area contributed by atoms with Gasteiger partial charge >= 0.3 is 0 Å². The van der Waals surface area contributed by atoms with Crippen LogP contribution in [0, 0.1) is 13.8 Å². The zero-order valence-corrected chi connectivity index (χ0v) is 13.4. The fourth-order valence-electron chi connectivity index (χ4n) is 2.03. The monoisotopic (exact) mass is 281 g/mol. The van der Waals surface area contributed by atoms with Crippen LogP contribution in [0.3, 0.4) is 0 Å². The van der Waals surface area contributed by atoms with Crippen LogP contribution >= 0.6 is 11.8 Å². The van der Waals surface area contributed by atoms with Gasteiger partial charge in [0.2, 0.25) is 0 Å². The average Bonchev–Trinajstić information content (AvgIpc) is 2.41. The van der Waals surface area contributed by atoms with E-state index in [1.54, 1.807) is 0 Å². The largest absolute Gasteiger partial charge is 0.395 e. The Bertz CT molecular complexity index is 381. The Morgan fingerprint density at radius 3 is 2.68 bits per heavy atom. The van der Waals surface area contributed by atoms with Gasteiger partial charge in [-0.2, -0.15) is 11.8 Å². The third kappa shape index (κ3) is 5.55. The van der Waals surface area contributed by atoms with Crippen molar-refractivity contribution in [3.05, 3.63) is 34.9 Å². The van der Waals surface area contributed by atoms with Crippen molar-refractivity contribution < 1.29 is 5.11 Å². The third-order valence-corrected chi connectivity index (χ3v) is 4.50. The molecule has 0 saturated carbocycles. The Balaban J connectivity index is 2.79. The number of benzene rings is 1. The van der Waals surface area contributed by atoms with Crippen molar-refractivity contribution in [1.29, 1.82) is 0 Å². The van der Waals surface area contributed by atoms with Gasteiger partial charge in [-0.15, -0.1) is 0 Å². The first kappa shape index (κ1) is 16.5. The lowest BCUT2D eigenvalue weighted by atomic mass is 10.00. The lowest BCUT2D eigenvalue weighted by molar-refractivity contribution is 0.300. The van der Waals surface area contributed by atoms with Crippen molar-refractivity contribution in [3.63, 3.8) is 0 Å². The molecule has 0 aliphatic heterocycles. The van der Waals surface area contributed by atoms with Crippen LogP contribution in [0.25, 0.3) is 0 Å². The molecule has 1 rings (SSSR count). The van der Waals surface area contributed by atoms with Crippen molar-refractivity contribution in [2.45, 2.75) is 45.4 Å². The van der Waals surface area contributed by atoms with Gasteiger partial charge in [0.15, 0.2) is 0 Å². The summed E-state index contributed by atoms with van der Waals surface area (Å²) >= 11 is 1.83. The van der Waals surface area contributed by atoms with Crippen molar-refractivity contribution in [3.8, 4) is 0 Å². The molecule has 0 aromatic heterocycles. The molecule has 0 radical (unpaired) electrons. The predicted molar refractivity (Wildman–Crippen MR) is 86.0 cm³/mol. The number of thioether (sulfide) groups is 1. The van der Waals surface area contributed by atoms with E-state index < -0.39 is 0 Å². The van der Waals surface area contributed by atoms with Gasteiger partial charge in [-0.3, -0.25) is 0 Å². The molecule has 0 aliphatic carbocycles. The van der Waals surface area contributed by atoms with Crippen LogP contribution < -0.4 is 5.32 Å². The van der Waals surface area contributed by atoms with E-state index in [1.807, 2.05) is 11.8 Å². The van der Waals surface area contributed by atoms with Gasteiger partial charge in [0.1, 0.15) is 0 Å². The van der Waals surface area contributed by atoms with Crippen molar-refractivity contribution in [2.75, 3.05) is 18.9 Å². The van der Waals surface area contributed by atoms with Crippen molar-refractivity contribution >= 4 is 11.8 Å². The first-order valence-electron chi connectivity index (χ1n) is 7.11. The molecule has 0 fully saturated rings. The summed E-state index contributed by atoms with van der Waals surface area (Å²) < 4.78 is 0. The summed E-state index contributed by atoms with van der Waals surface area (Å²) in [6.45, 7) is 9.87. The first-order chi connectivity index (χ1) is 9.08. The molecule has 2 N–H and O–H groups in total. The highest BCUT2D eigenvalue weighted by Crippen LogP contribution is 2.25. The number of hydrogen-bond acceptors (Lipinski definition) is 3. The minimum atomic E-state index is 0.248. The second kappa shape index (κ2) is 8.62. The lowest BCUT2D eigenvalue weighted by Crippen LogP contribution is -2.26. The number of aliphatic hydroxyl groups excluding tert-OH is 1. The predicted octanol–water partition coefficient (Wildman–Crippen LogP) is 3.46. The van der Waals surface area contributed by atoms with Gasteiger partial charge in [0, 0.05) is 17.0 Å². The fraction of sp³-hybridized carbons (Fsp3) is 0.625. The summed E-state index contributed by atoms with van der Waals surface area (Å²) in [7, 11) is 0. The summed E-state index contributed by atoms with van der Waals surface area (Å²) in [6.07, 6.45) is 1.14. The number of rotatable bonds is 8. The first-order valence-corrected chi connectivity index (χ1v) is 8.16. The molecule has 1 aromatic carbocycles. The fourth-order valence-corrected chi connectivity index (χ4v) is 2.95. The second-order valence-corrected chi connectivity index (χ2v) is 6.66. The maximum Gasteiger partial charge on any atom is 0.0547 e. The molecular weight excluding hydrogens is 254 g/mol. The molecule has 3 heteroatoms. The summed E-state index contributed by atoms with van der Waals surface area (Å²) in [5, 5.41) is 13.1. The topological polar surface area (TPSA) is 32.3 Å². The van der Waals surface area contributed by atoms with Crippen molar-refractivity contribution in [1.82, 2.24) is 5.32 Å². The van der Waals surface area contributed by atoms with Crippen LogP contribution in [-0.4, -0.2) is 29.3 Å². The normalized spacial score (nSPS) is 14.4. The molecule has 108 valence electrons. The van der Waals surface area contributed by atoms with E-state index in [1.165, 1.54) is 16.7 Å². The highest BCUT2D eigenvalue weighted by atomic mass is 32.2. The molecular formula is C16H27NOS. The summed E-state index contributed by atoms with van der Waals surface area (Å²) in [4.78, 5) is 0. The Morgan fingerprint density at radius 1 is 1.32 bits per heavy atom. The van der Waals surface area contributed by atoms with E-state index in [9.17, 15) is 0 Å². The molecule has 1 aromatic rings. The van der Waals surface area contributed by atoms with Crippen LogP contribution in [0.2, 0.25) is 0 Å². The quantitative estimate of drug-likeness (QED) is 0.765. The van der Waals surface area contributed by atoms with Crippen LogP contribution in [0.4, 0.5) is 0 Å². The van der Waals surface area contributed by atoms with Crippen LogP contribution in [0.1, 0.15) is 43.0 Å². The molecule has 2 atom stereocenters. The summed E-state index contributed by atoms with van der Waals surface area (Å²) in [5.41, 5.74) is 4.05. The molecule has 0 amide bonds. The smallest absolute Gasteiger partial charge is 0.0547 e. The van der Waals surface area contributed by atoms with E-state index >= 15 is 0 Å². The van der Waals surface area contributed by atoms with Crippen LogP contribution in [-0.2, 0) is 0 Å². The Morgan fingerprint density at radius 2 is 2.05 bits per heavy atom. The van der Waals surface area contributed by atoms with Gasteiger partial charge in [-0.25, -0.2) is 0 Å². The Labute approximate surface area is 122 Å². The molecule has 0 saturated heterocycles. The van der Waals surface area contributed by atoms with Gasteiger partial charge in [0.25, 0.3) is 0 Å². The van der Waals surface area contributed by atoms with Crippen LogP contribution in [0.5, 0.6) is 0 Å². The zero-order chi connectivity index (χ0) is 14.3. The molecule has 0 aliphatic rings. The SMILES string of the molecule is CCCNC(CSC(C)CO)c1cc(C)ccc1C. The van der Waals surface area contributed by atoms with E-state index in [4.69, 9.17) is 5.11 Å². The molecule has 19 heavy (non-hydrogen) atoms. The zero-order valence-electron chi connectivity index (χ0n) is 12.6. The minimum Gasteiger partial charge on any atom is -0.395 e. The molecule has 0 spiro atoms. The van der Waals surface area contributed by atoms with E-state index in [0.717, 1.165) is 18.7 Å². The third-order valence-electron chi connectivity index (χ3n) is 3.26. The Kier molecular flexibility index (Phi) is 7.51. The minimum absolute atomic E-state index is 0.248. The number of aryl methyl sites for hydroxylation is 2. The number of hydrogen-bond donors (Lipinski definition) is 2. The van der Waals surface area contributed by atoms with Gasteiger partial charge in [-0.1, -0.05) is 37.6 Å². The maximum atomic E-state index is 9.15. The molecule has 0 heterocycles. The standard InChI is InChI=1S/C16H27NOS/c1-5-8-17-16(11-19-14(4)10-18)15-9-12(2)6-7-13(15)3/h6-7,9,14,16-18H,5,8,10-11H2,1-4H3. The number of nitrogens with one attached hydrogen (secondary N) is 1. The van der Waals surface area contributed by atoms with Crippen LogP contribution in [0.15, 0.2) is 18.2 Å². The van der Waals surface area contributed by atoms with E-state index in [2.05, 4.69) is 51.2 Å². The summed E-state index contributed by atoms with van der Waals surface area (Å²) in [6, 6.07) is 7.02. The van der Waals surface area contributed by atoms with Gasteiger partial charge < -0.3 is 10.4 Å². The van der Waals surface area contributed by atoms with Gasteiger partial charge in [0.05, 0.1) is 6.61 Å². The van der Waals surface area contributed by atoms with Gasteiger partial charge in [-0.05, 0) is 37.9 Å². The highest BCUT2D eigenvalue weighted by molar-refractivity contribution is 7.99. The van der Waals surface area contributed by atoms with E-state index in [0.29, 0.717) is 11.3 Å². The molecule has 0 bridgehead atoms. The average molecular weight is 281 g/mol. The maximum absolute atomic E-state index is 9.15. The number of aliphatic hydroxyl groups is 1. The van der Waals surface area contributed by atoms with E-state index in [-0.39, 0.29) is 6.61 Å². The van der Waals surface area contributed by atoms with Crippen molar-refractivity contribution in [2.24, 2.45) is 0 Å².